The summed E-state index contributed by atoms with van der Waals surface area (Å²) in [4.78, 5) is 17.4. The predicted molar refractivity (Wildman–Crippen MR) is 87.5 cm³/mol. The fourth-order valence-corrected chi connectivity index (χ4v) is 1.42. The number of amides is 1. The van der Waals surface area contributed by atoms with E-state index in [-0.39, 0.29) is 17.9 Å². The van der Waals surface area contributed by atoms with Crippen molar-refractivity contribution in [1.29, 1.82) is 0 Å². The van der Waals surface area contributed by atoms with Gasteiger partial charge < -0.3 is 20.3 Å². The Morgan fingerprint density at radius 3 is 2.57 bits per heavy atom. The fraction of sp³-hybridized carbons (Fsp3) is 0.733. The second-order valence-electron chi connectivity index (χ2n) is 5.88. The Hall–Kier alpha value is -1.56. The molecular weight excluding hydrogens is 268 g/mol. The van der Waals surface area contributed by atoms with Crippen LogP contribution in [0.25, 0.3) is 0 Å². The Morgan fingerprint density at radius 2 is 2.05 bits per heavy atom. The lowest BCUT2D eigenvalue weighted by atomic mass is 9.90. The van der Waals surface area contributed by atoms with Crippen molar-refractivity contribution in [2.75, 3.05) is 47.4 Å². The minimum absolute atomic E-state index is 0.0339. The number of guanidine groups is 1. The number of ether oxygens (including phenoxy) is 1. The topological polar surface area (TPSA) is 66.0 Å². The molecular formula is C15H30N4O2. The van der Waals surface area contributed by atoms with Crippen LogP contribution in [0.3, 0.4) is 0 Å². The average molecular weight is 298 g/mol. The molecule has 1 amide bonds. The molecule has 0 unspecified atom stereocenters. The molecule has 0 aromatic carbocycles. The molecule has 0 aliphatic carbocycles. The summed E-state index contributed by atoms with van der Waals surface area (Å²) in [5, 5.41) is 6.37. The van der Waals surface area contributed by atoms with Crippen molar-refractivity contribution in [3.8, 4) is 0 Å². The summed E-state index contributed by atoms with van der Waals surface area (Å²) < 4.78 is 5.12. The lowest BCUT2D eigenvalue weighted by Gasteiger charge is -2.25. The van der Waals surface area contributed by atoms with Crippen LogP contribution in [0.15, 0.2) is 17.6 Å². The van der Waals surface area contributed by atoms with Gasteiger partial charge in [-0.15, -0.1) is 6.58 Å². The van der Waals surface area contributed by atoms with Gasteiger partial charge in [-0.1, -0.05) is 19.9 Å². The van der Waals surface area contributed by atoms with E-state index in [0.717, 1.165) is 19.6 Å². The third-order valence-corrected chi connectivity index (χ3v) is 3.00. The van der Waals surface area contributed by atoms with Crippen molar-refractivity contribution >= 4 is 11.9 Å². The zero-order chi connectivity index (χ0) is 16.3. The molecule has 122 valence electrons. The molecule has 0 saturated carbocycles. The molecule has 0 heterocycles. The number of hydrogen-bond donors (Lipinski definition) is 2. The number of rotatable bonds is 9. The van der Waals surface area contributed by atoms with Crippen LogP contribution >= 0.6 is 0 Å². The highest BCUT2D eigenvalue weighted by atomic mass is 16.5. The van der Waals surface area contributed by atoms with Crippen LogP contribution in [0, 0.1) is 5.41 Å². The second-order valence-corrected chi connectivity index (χ2v) is 5.88. The van der Waals surface area contributed by atoms with Crippen LogP contribution < -0.4 is 10.6 Å². The molecule has 0 bridgehead atoms. The van der Waals surface area contributed by atoms with Gasteiger partial charge in [0.05, 0.1) is 0 Å². The molecule has 0 saturated heterocycles. The first-order valence-electron chi connectivity index (χ1n) is 7.14. The highest BCUT2D eigenvalue weighted by molar-refractivity contribution is 5.84. The largest absolute Gasteiger partial charge is 0.385 e. The monoisotopic (exact) mass is 298 g/mol. The molecule has 0 spiro atoms. The molecule has 0 aliphatic heterocycles. The highest BCUT2D eigenvalue weighted by Crippen LogP contribution is 2.18. The third kappa shape index (κ3) is 9.90. The molecule has 2 N–H and O–H groups in total. The Morgan fingerprint density at radius 1 is 1.38 bits per heavy atom. The van der Waals surface area contributed by atoms with E-state index in [1.165, 1.54) is 4.90 Å². The van der Waals surface area contributed by atoms with Crippen LogP contribution in [-0.2, 0) is 9.53 Å². The summed E-state index contributed by atoms with van der Waals surface area (Å²) >= 11 is 0. The number of methoxy groups -OCH3 is 1. The molecule has 0 aromatic heterocycles. The summed E-state index contributed by atoms with van der Waals surface area (Å²) in [6, 6.07) is 0. The standard InChI is InChI=1S/C15H30N4O2/c1-7-9-16-14(17-11-13(20)19(4)5)18-12-15(2,3)8-10-21-6/h7H,1,8-12H2,2-6H3,(H2,16,17,18). The third-order valence-electron chi connectivity index (χ3n) is 3.00. The Kier molecular flexibility index (Phi) is 9.45. The zero-order valence-corrected chi connectivity index (χ0v) is 14.0. The van der Waals surface area contributed by atoms with E-state index >= 15 is 0 Å². The van der Waals surface area contributed by atoms with Gasteiger partial charge in [-0.25, -0.2) is 4.99 Å². The van der Waals surface area contributed by atoms with Gasteiger partial charge in [0, 0.05) is 40.9 Å². The van der Waals surface area contributed by atoms with E-state index in [1.807, 2.05) is 0 Å². The van der Waals surface area contributed by atoms with E-state index < -0.39 is 0 Å². The van der Waals surface area contributed by atoms with E-state index in [4.69, 9.17) is 4.74 Å². The number of hydrogen-bond acceptors (Lipinski definition) is 3. The molecule has 0 rings (SSSR count). The molecule has 0 aliphatic rings. The minimum Gasteiger partial charge on any atom is -0.385 e. The number of nitrogens with zero attached hydrogens (tertiary/aromatic N) is 2. The molecule has 21 heavy (non-hydrogen) atoms. The van der Waals surface area contributed by atoms with Crippen molar-refractivity contribution in [2.45, 2.75) is 20.3 Å². The van der Waals surface area contributed by atoms with Gasteiger partial charge in [0.2, 0.25) is 5.91 Å². The summed E-state index contributed by atoms with van der Waals surface area (Å²) in [6.45, 7) is 10.2. The van der Waals surface area contributed by atoms with Gasteiger partial charge in [0.1, 0.15) is 6.54 Å². The van der Waals surface area contributed by atoms with Gasteiger partial charge in [-0.2, -0.15) is 0 Å². The van der Waals surface area contributed by atoms with Crippen molar-refractivity contribution in [2.24, 2.45) is 10.4 Å². The van der Waals surface area contributed by atoms with Gasteiger partial charge in [0.15, 0.2) is 5.96 Å². The normalized spacial score (nSPS) is 12.0. The molecule has 6 nitrogen and oxygen atoms in total. The Balaban J connectivity index is 4.50. The average Bonchev–Trinajstić information content (AvgIpc) is 2.43. The fourth-order valence-electron chi connectivity index (χ4n) is 1.42. The SMILES string of the molecule is C=CCNC(=NCC(=O)N(C)C)NCC(C)(C)CCOC. The smallest absolute Gasteiger partial charge is 0.243 e. The van der Waals surface area contributed by atoms with Crippen LogP contribution in [0.2, 0.25) is 0 Å². The maximum atomic E-state index is 11.6. The predicted octanol–water partition coefficient (Wildman–Crippen LogP) is 0.859. The second kappa shape index (κ2) is 10.2. The number of nitrogens with one attached hydrogen (secondary N) is 2. The van der Waals surface area contributed by atoms with Crippen LogP contribution in [-0.4, -0.2) is 64.2 Å². The summed E-state index contributed by atoms with van der Waals surface area (Å²) in [7, 11) is 5.14. The number of carbonyl (C=O) groups excluding carboxylic acids is 1. The molecule has 0 atom stereocenters. The lowest BCUT2D eigenvalue weighted by molar-refractivity contribution is -0.127. The van der Waals surface area contributed by atoms with E-state index in [9.17, 15) is 4.79 Å². The van der Waals surface area contributed by atoms with Crippen LogP contribution in [0.5, 0.6) is 0 Å². The lowest BCUT2D eigenvalue weighted by Crippen LogP contribution is -2.43. The first-order chi connectivity index (χ1) is 9.82. The van der Waals surface area contributed by atoms with Crippen molar-refractivity contribution in [3.05, 3.63) is 12.7 Å². The summed E-state index contributed by atoms with van der Waals surface area (Å²) in [5.74, 6) is 0.587. The first-order valence-corrected chi connectivity index (χ1v) is 7.14. The van der Waals surface area contributed by atoms with Gasteiger partial charge in [-0.05, 0) is 11.8 Å². The first kappa shape index (κ1) is 19.4. The van der Waals surface area contributed by atoms with E-state index in [2.05, 4.69) is 36.1 Å². The number of carbonyl (C=O) groups is 1. The van der Waals surface area contributed by atoms with E-state index in [0.29, 0.717) is 12.5 Å². The summed E-state index contributed by atoms with van der Waals surface area (Å²) in [6.07, 6.45) is 2.70. The number of likely N-dealkylation sites (N-methyl/N-ethyl adjacent to an activating group) is 1. The Labute approximate surface area is 128 Å². The van der Waals surface area contributed by atoms with Crippen molar-refractivity contribution < 1.29 is 9.53 Å². The maximum absolute atomic E-state index is 11.6. The van der Waals surface area contributed by atoms with Crippen LogP contribution in [0.1, 0.15) is 20.3 Å². The molecule has 0 aromatic rings. The van der Waals surface area contributed by atoms with E-state index in [1.54, 1.807) is 27.3 Å². The van der Waals surface area contributed by atoms with Gasteiger partial charge >= 0.3 is 0 Å². The van der Waals surface area contributed by atoms with Crippen molar-refractivity contribution in [3.63, 3.8) is 0 Å². The van der Waals surface area contributed by atoms with Gasteiger partial charge in [0.25, 0.3) is 0 Å². The van der Waals surface area contributed by atoms with Gasteiger partial charge in [-0.3, -0.25) is 4.79 Å². The summed E-state index contributed by atoms with van der Waals surface area (Å²) in [5.41, 5.74) is 0.0815. The zero-order valence-electron chi connectivity index (χ0n) is 14.0. The quantitative estimate of drug-likeness (QED) is 0.376. The van der Waals surface area contributed by atoms with Crippen LogP contribution in [0.4, 0.5) is 0 Å². The molecule has 0 radical (unpaired) electrons. The maximum Gasteiger partial charge on any atom is 0.243 e. The molecule has 0 fully saturated rings. The van der Waals surface area contributed by atoms with Crippen molar-refractivity contribution in [1.82, 2.24) is 15.5 Å². The Bertz CT molecular complexity index is 352. The number of aliphatic imine (C=N–C) groups is 1. The minimum atomic E-state index is -0.0339. The molecule has 6 heteroatoms. The highest BCUT2D eigenvalue weighted by Gasteiger charge is 2.18.